The maximum atomic E-state index is 12.9. The third-order valence-electron chi connectivity index (χ3n) is 5.16. The van der Waals surface area contributed by atoms with Crippen molar-refractivity contribution in [2.45, 2.75) is 32.4 Å². The van der Waals surface area contributed by atoms with Gasteiger partial charge in [0.2, 0.25) is 0 Å². The monoisotopic (exact) mass is 362 g/mol. The lowest BCUT2D eigenvalue weighted by Crippen LogP contribution is -2.30. The quantitative estimate of drug-likeness (QED) is 0.701. The zero-order valence-electron chi connectivity index (χ0n) is 16.1. The summed E-state index contributed by atoms with van der Waals surface area (Å²) in [4.78, 5) is 22.7. The van der Waals surface area contributed by atoms with Crippen molar-refractivity contribution in [3.63, 3.8) is 0 Å². The van der Waals surface area contributed by atoms with Gasteiger partial charge >= 0.3 is 0 Å². The topological polar surface area (TPSA) is 61.0 Å². The molecule has 0 saturated heterocycles. The highest BCUT2D eigenvalue weighted by molar-refractivity contribution is 5.98. The average Bonchev–Trinajstić information content (AvgIpc) is 3.37. The zero-order chi connectivity index (χ0) is 19.0. The van der Waals surface area contributed by atoms with Crippen molar-refractivity contribution in [3.8, 4) is 0 Å². The first-order chi connectivity index (χ1) is 13.0. The Balaban J connectivity index is 1.58. The van der Waals surface area contributed by atoms with Crippen LogP contribution in [-0.2, 0) is 6.54 Å². The van der Waals surface area contributed by atoms with Crippen LogP contribution in [-0.4, -0.2) is 34.9 Å². The summed E-state index contributed by atoms with van der Waals surface area (Å²) in [6.07, 6.45) is 6.08. The highest BCUT2D eigenvalue weighted by Gasteiger charge is 2.34. The van der Waals surface area contributed by atoms with Crippen molar-refractivity contribution < 1.29 is 4.79 Å². The molecule has 0 bridgehead atoms. The molecule has 5 heteroatoms. The summed E-state index contributed by atoms with van der Waals surface area (Å²) in [5, 5.41) is 4.32. The van der Waals surface area contributed by atoms with Crippen LogP contribution in [0.5, 0.6) is 0 Å². The number of rotatable bonds is 6. The molecule has 140 valence electrons. The lowest BCUT2D eigenvalue weighted by Gasteiger charge is -2.19. The minimum absolute atomic E-state index is 0.0135. The summed E-state index contributed by atoms with van der Waals surface area (Å²) in [7, 11) is 4.09. The molecule has 5 nitrogen and oxygen atoms in total. The smallest absolute Gasteiger partial charge is 0.268 e. The molecule has 1 aromatic carbocycles. The van der Waals surface area contributed by atoms with Crippen molar-refractivity contribution in [2.24, 2.45) is 5.92 Å². The Bertz CT molecular complexity index is 971. The number of hydrogen-bond acceptors (Lipinski definition) is 3. The number of carbonyl (C=O) groups excluding carboxylic acids is 1. The third-order valence-corrected chi connectivity index (χ3v) is 5.16. The van der Waals surface area contributed by atoms with Crippen LogP contribution in [0.4, 0.5) is 0 Å². The van der Waals surface area contributed by atoms with Gasteiger partial charge in [-0.15, -0.1) is 0 Å². The van der Waals surface area contributed by atoms with E-state index < -0.39 is 0 Å². The van der Waals surface area contributed by atoms with Crippen molar-refractivity contribution >= 4 is 16.8 Å². The van der Waals surface area contributed by atoms with Crippen LogP contribution in [0, 0.1) is 12.8 Å². The summed E-state index contributed by atoms with van der Waals surface area (Å²) in [6, 6.07) is 10.2. The van der Waals surface area contributed by atoms with Gasteiger partial charge < -0.3 is 15.2 Å². The summed E-state index contributed by atoms with van der Waals surface area (Å²) in [5.74, 6) is 0.442. The molecule has 3 aromatic rings. The first-order valence-electron chi connectivity index (χ1n) is 9.49. The van der Waals surface area contributed by atoms with Gasteiger partial charge in [-0.3, -0.25) is 9.78 Å². The Morgan fingerprint density at radius 3 is 2.81 bits per heavy atom. The first kappa shape index (κ1) is 17.7. The second-order valence-corrected chi connectivity index (χ2v) is 7.88. The normalized spacial score (nSPS) is 15.3. The molecule has 1 aliphatic carbocycles. The molecule has 2 N–H and O–H groups in total. The van der Waals surface area contributed by atoms with Gasteiger partial charge in [-0.05, 0) is 68.6 Å². The maximum Gasteiger partial charge on any atom is 0.268 e. The predicted octanol–water partition coefficient (Wildman–Crippen LogP) is 3.81. The Hall–Kier alpha value is -2.66. The molecule has 4 rings (SSSR count). The Kier molecular flexibility index (Phi) is 4.70. The Morgan fingerprint density at radius 1 is 1.30 bits per heavy atom. The fourth-order valence-electron chi connectivity index (χ4n) is 3.68. The van der Waals surface area contributed by atoms with Crippen molar-refractivity contribution in [2.75, 3.05) is 14.1 Å². The number of para-hydroxylation sites is 1. The van der Waals surface area contributed by atoms with Gasteiger partial charge in [0.25, 0.3) is 5.91 Å². The number of aryl methyl sites for hydroxylation is 1. The van der Waals surface area contributed by atoms with Crippen molar-refractivity contribution in [1.82, 2.24) is 20.2 Å². The number of carbonyl (C=O) groups is 1. The SMILES string of the molecule is Cc1cccc2cc(C(=O)NC(c3cncc(CN(C)C)c3)C3CC3)[nH]c12. The van der Waals surface area contributed by atoms with E-state index in [1.807, 2.05) is 44.7 Å². The van der Waals surface area contributed by atoms with E-state index in [0.29, 0.717) is 11.6 Å². The third kappa shape index (κ3) is 3.88. The minimum atomic E-state index is -0.0551. The van der Waals surface area contributed by atoms with Gasteiger partial charge in [0.15, 0.2) is 0 Å². The van der Waals surface area contributed by atoms with Crippen LogP contribution in [0.3, 0.4) is 0 Å². The largest absolute Gasteiger partial charge is 0.350 e. The van der Waals surface area contributed by atoms with E-state index in [4.69, 9.17) is 0 Å². The molecule has 0 aliphatic heterocycles. The summed E-state index contributed by atoms with van der Waals surface area (Å²) < 4.78 is 0. The molecule has 1 amide bonds. The number of benzene rings is 1. The summed E-state index contributed by atoms with van der Waals surface area (Å²) >= 11 is 0. The highest BCUT2D eigenvalue weighted by atomic mass is 16.1. The molecule has 1 saturated carbocycles. The molecule has 2 heterocycles. The van der Waals surface area contributed by atoms with Crippen LogP contribution in [0.15, 0.2) is 42.7 Å². The number of nitrogens with zero attached hydrogens (tertiary/aromatic N) is 2. The first-order valence-corrected chi connectivity index (χ1v) is 9.49. The standard InChI is InChI=1S/C22H26N4O/c1-14-5-4-6-17-10-19(24-20(14)17)22(27)25-21(16-7-8-16)18-9-15(11-23-12-18)13-26(2)3/h4-6,9-12,16,21,24H,7-8,13H2,1-3H3,(H,25,27). The van der Waals surface area contributed by atoms with E-state index in [1.165, 1.54) is 5.56 Å². The van der Waals surface area contributed by atoms with E-state index in [1.54, 1.807) is 0 Å². The second-order valence-electron chi connectivity index (χ2n) is 7.88. The number of fused-ring (bicyclic) bond motifs is 1. The van der Waals surface area contributed by atoms with Crippen LogP contribution in [0.25, 0.3) is 10.9 Å². The number of amides is 1. The lowest BCUT2D eigenvalue weighted by molar-refractivity contribution is 0.0927. The van der Waals surface area contributed by atoms with Crippen LogP contribution in [0.2, 0.25) is 0 Å². The number of nitrogens with one attached hydrogen (secondary N) is 2. The van der Waals surface area contributed by atoms with Crippen molar-refractivity contribution in [1.29, 1.82) is 0 Å². The Labute approximate surface area is 159 Å². The number of H-pyrrole nitrogens is 1. The molecule has 2 aromatic heterocycles. The van der Waals surface area contributed by atoms with Gasteiger partial charge in [0, 0.05) is 29.8 Å². The van der Waals surface area contributed by atoms with Gasteiger partial charge in [0.05, 0.1) is 6.04 Å². The summed E-state index contributed by atoms with van der Waals surface area (Å²) in [6.45, 7) is 2.89. The molecule has 1 unspecified atom stereocenters. The summed E-state index contributed by atoms with van der Waals surface area (Å²) in [5.41, 5.74) is 5.05. The number of aromatic nitrogens is 2. The van der Waals surface area contributed by atoms with E-state index in [9.17, 15) is 4.79 Å². The number of hydrogen-bond donors (Lipinski definition) is 2. The zero-order valence-corrected chi connectivity index (χ0v) is 16.1. The molecule has 1 atom stereocenters. The maximum absolute atomic E-state index is 12.9. The lowest BCUT2D eigenvalue weighted by atomic mass is 10.0. The molecular weight excluding hydrogens is 336 g/mol. The van der Waals surface area contributed by atoms with Gasteiger partial charge in [-0.25, -0.2) is 0 Å². The van der Waals surface area contributed by atoms with Gasteiger partial charge in [0.1, 0.15) is 5.69 Å². The fourth-order valence-corrected chi connectivity index (χ4v) is 3.68. The molecule has 1 aliphatic rings. The number of pyridine rings is 1. The molecule has 0 spiro atoms. The van der Waals surface area contributed by atoms with Crippen LogP contribution >= 0.6 is 0 Å². The van der Waals surface area contributed by atoms with E-state index >= 15 is 0 Å². The molecular formula is C22H26N4O. The van der Waals surface area contributed by atoms with Crippen LogP contribution < -0.4 is 5.32 Å². The van der Waals surface area contributed by atoms with E-state index in [2.05, 4.69) is 39.2 Å². The predicted molar refractivity (Wildman–Crippen MR) is 108 cm³/mol. The number of aromatic amines is 1. The highest BCUT2D eigenvalue weighted by Crippen LogP contribution is 2.41. The molecule has 1 fully saturated rings. The van der Waals surface area contributed by atoms with Crippen molar-refractivity contribution in [3.05, 3.63) is 65.1 Å². The Morgan fingerprint density at radius 2 is 2.11 bits per heavy atom. The second kappa shape index (κ2) is 7.16. The van der Waals surface area contributed by atoms with Gasteiger partial charge in [-0.2, -0.15) is 0 Å². The minimum Gasteiger partial charge on any atom is -0.350 e. The average molecular weight is 362 g/mol. The van der Waals surface area contributed by atoms with E-state index in [0.717, 1.165) is 41.4 Å². The molecule has 27 heavy (non-hydrogen) atoms. The molecule has 0 radical (unpaired) electrons. The van der Waals surface area contributed by atoms with Gasteiger partial charge in [-0.1, -0.05) is 18.2 Å². The fraction of sp³-hybridized carbons (Fsp3) is 0.364. The van der Waals surface area contributed by atoms with E-state index in [-0.39, 0.29) is 11.9 Å². The van der Waals surface area contributed by atoms with Crippen LogP contribution in [0.1, 0.15) is 46.1 Å².